The van der Waals surface area contributed by atoms with E-state index in [1.165, 1.54) is 14.5 Å². The molecule has 0 radical (unpaired) electrons. The Morgan fingerprint density at radius 3 is 2.89 bits per heavy atom. The molecule has 0 fully saturated rings. The van der Waals surface area contributed by atoms with Crippen LogP contribution in [0.3, 0.4) is 0 Å². The van der Waals surface area contributed by atoms with Gasteiger partial charge in [0.2, 0.25) is 0 Å². The van der Waals surface area contributed by atoms with E-state index in [0.29, 0.717) is 0 Å². The topological polar surface area (TPSA) is 38.9 Å². The number of hydrogen-bond donors (Lipinski definition) is 1. The Kier molecular flexibility index (Phi) is 3.64. The summed E-state index contributed by atoms with van der Waals surface area (Å²) in [5, 5.41) is 2.07. The van der Waals surface area contributed by atoms with E-state index in [1.54, 1.807) is 11.3 Å². The van der Waals surface area contributed by atoms with Gasteiger partial charge in [0.05, 0.1) is 10.2 Å². The van der Waals surface area contributed by atoms with Gasteiger partial charge < -0.3 is 5.73 Å². The van der Waals surface area contributed by atoms with Crippen molar-refractivity contribution < 1.29 is 0 Å². The van der Waals surface area contributed by atoms with Crippen molar-refractivity contribution in [3.8, 4) is 0 Å². The monoisotopic (exact) mass is 288 g/mol. The van der Waals surface area contributed by atoms with Gasteiger partial charge >= 0.3 is 0 Å². The van der Waals surface area contributed by atoms with E-state index in [2.05, 4.69) is 35.5 Å². The molecule has 0 aliphatic heterocycles. The third-order valence-corrected chi connectivity index (χ3v) is 5.34. The summed E-state index contributed by atoms with van der Waals surface area (Å²) in [7, 11) is 0. The van der Waals surface area contributed by atoms with Gasteiger partial charge in [-0.1, -0.05) is 6.92 Å². The molecule has 0 aliphatic rings. The first kappa shape index (κ1) is 12.8. The summed E-state index contributed by atoms with van der Waals surface area (Å²) in [5.74, 6) is 0. The number of nitrogens with two attached hydrogens (primary N) is 1. The van der Waals surface area contributed by atoms with Crippen molar-refractivity contribution in [3.63, 3.8) is 0 Å². The second-order valence-corrected chi connectivity index (χ2v) is 6.81. The quantitative estimate of drug-likeness (QED) is 0.783. The van der Waals surface area contributed by atoms with Gasteiger partial charge in [-0.05, 0) is 41.6 Å². The number of aromatic nitrogens is 1. The van der Waals surface area contributed by atoms with Crippen LogP contribution in [0, 0.1) is 0 Å². The molecule has 3 aromatic heterocycles. The van der Waals surface area contributed by atoms with Crippen LogP contribution in [0.2, 0.25) is 0 Å². The summed E-state index contributed by atoms with van der Waals surface area (Å²) in [6.07, 6.45) is 3.90. The third kappa shape index (κ3) is 2.71. The maximum atomic E-state index is 6.31. The van der Waals surface area contributed by atoms with Crippen LogP contribution in [0.25, 0.3) is 10.2 Å². The minimum Gasteiger partial charge on any atom is -0.324 e. The van der Waals surface area contributed by atoms with Gasteiger partial charge in [0, 0.05) is 28.4 Å². The van der Waals surface area contributed by atoms with Crippen molar-refractivity contribution in [2.45, 2.75) is 25.8 Å². The average Bonchev–Trinajstić information content (AvgIpc) is 3.05. The molecule has 3 aromatic rings. The maximum Gasteiger partial charge on any atom is 0.0809 e. The van der Waals surface area contributed by atoms with Gasteiger partial charge in [0.1, 0.15) is 0 Å². The zero-order valence-corrected chi connectivity index (χ0v) is 12.4. The highest BCUT2D eigenvalue weighted by atomic mass is 32.1. The summed E-state index contributed by atoms with van der Waals surface area (Å²) < 4.78 is 1.22. The average molecular weight is 288 g/mol. The zero-order chi connectivity index (χ0) is 13.2. The van der Waals surface area contributed by atoms with Crippen molar-refractivity contribution in [3.05, 3.63) is 51.2 Å². The number of rotatable bonds is 4. The number of thiophene rings is 2. The van der Waals surface area contributed by atoms with Crippen molar-refractivity contribution in [1.29, 1.82) is 0 Å². The van der Waals surface area contributed by atoms with Crippen LogP contribution < -0.4 is 5.73 Å². The van der Waals surface area contributed by atoms with Crippen LogP contribution >= 0.6 is 22.7 Å². The molecule has 0 aromatic carbocycles. The summed E-state index contributed by atoms with van der Waals surface area (Å²) in [6, 6.07) is 8.64. The molecule has 0 aliphatic carbocycles. The Balaban J connectivity index is 1.80. The Bertz CT molecular complexity index is 684. The van der Waals surface area contributed by atoms with E-state index in [1.807, 2.05) is 23.6 Å². The zero-order valence-electron chi connectivity index (χ0n) is 10.8. The number of pyridine rings is 1. The fourth-order valence-electron chi connectivity index (χ4n) is 2.12. The van der Waals surface area contributed by atoms with E-state index >= 15 is 0 Å². The van der Waals surface area contributed by atoms with Gasteiger partial charge in [0.25, 0.3) is 0 Å². The van der Waals surface area contributed by atoms with Gasteiger partial charge in [-0.3, -0.25) is 4.98 Å². The number of nitrogens with zero attached hydrogens (tertiary/aromatic N) is 1. The molecule has 3 rings (SSSR count). The molecule has 0 saturated carbocycles. The SMILES string of the molecule is CCc1ccc(CC(N)c2cnc3ccsc3c2)s1. The molecule has 2 nitrogen and oxygen atoms in total. The Hall–Kier alpha value is -1.23. The first-order valence-corrected chi connectivity index (χ1v) is 8.12. The van der Waals surface area contributed by atoms with Crippen LogP contribution in [0.5, 0.6) is 0 Å². The minimum absolute atomic E-state index is 0.0300. The lowest BCUT2D eigenvalue weighted by Crippen LogP contribution is -2.12. The van der Waals surface area contributed by atoms with Crippen molar-refractivity contribution in [2.75, 3.05) is 0 Å². The third-order valence-electron chi connectivity index (χ3n) is 3.24. The van der Waals surface area contributed by atoms with Crippen LogP contribution in [0.4, 0.5) is 0 Å². The van der Waals surface area contributed by atoms with Crippen molar-refractivity contribution >= 4 is 32.9 Å². The van der Waals surface area contributed by atoms with Gasteiger partial charge in [-0.2, -0.15) is 0 Å². The maximum absolute atomic E-state index is 6.31. The smallest absolute Gasteiger partial charge is 0.0809 e. The van der Waals surface area contributed by atoms with E-state index in [0.717, 1.165) is 23.9 Å². The summed E-state index contributed by atoms with van der Waals surface area (Å²) in [5.41, 5.74) is 8.50. The second-order valence-electron chi connectivity index (χ2n) is 4.60. The molecule has 98 valence electrons. The number of aryl methyl sites for hydroxylation is 1. The summed E-state index contributed by atoms with van der Waals surface area (Å²) in [6.45, 7) is 2.18. The van der Waals surface area contributed by atoms with Crippen LogP contribution in [-0.4, -0.2) is 4.98 Å². The van der Waals surface area contributed by atoms with E-state index in [-0.39, 0.29) is 6.04 Å². The molecule has 19 heavy (non-hydrogen) atoms. The molecule has 0 saturated heterocycles. The predicted molar refractivity (Wildman–Crippen MR) is 83.9 cm³/mol. The fraction of sp³-hybridized carbons (Fsp3) is 0.267. The normalized spacial score (nSPS) is 12.9. The van der Waals surface area contributed by atoms with Gasteiger partial charge in [0.15, 0.2) is 0 Å². The molecule has 1 atom stereocenters. The molecule has 2 N–H and O–H groups in total. The van der Waals surface area contributed by atoms with Crippen LogP contribution in [-0.2, 0) is 12.8 Å². The lowest BCUT2D eigenvalue weighted by Gasteiger charge is -2.10. The highest BCUT2D eigenvalue weighted by Gasteiger charge is 2.10. The Morgan fingerprint density at radius 2 is 2.11 bits per heavy atom. The second kappa shape index (κ2) is 5.41. The van der Waals surface area contributed by atoms with Crippen molar-refractivity contribution in [2.24, 2.45) is 5.73 Å². The molecule has 0 bridgehead atoms. The lowest BCUT2D eigenvalue weighted by molar-refractivity contribution is 0.728. The number of fused-ring (bicyclic) bond motifs is 1. The van der Waals surface area contributed by atoms with E-state index in [4.69, 9.17) is 5.73 Å². The lowest BCUT2D eigenvalue weighted by atomic mass is 10.1. The van der Waals surface area contributed by atoms with E-state index < -0.39 is 0 Å². The van der Waals surface area contributed by atoms with E-state index in [9.17, 15) is 0 Å². The predicted octanol–water partition coefficient (Wildman–Crippen LogP) is 4.16. The largest absolute Gasteiger partial charge is 0.324 e. The molecule has 0 spiro atoms. The molecule has 4 heteroatoms. The molecule has 3 heterocycles. The molecular weight excluding hydrogens is 272 g/mol. The van der Waals surface area contributed by atoms with Gasteiger partial charge in [-0.25, -0.2) is 0 Å². The Morgan fingerprint density at radius 1 is 1.26 bits per heavy atom. The first-order chi connectivity index (χ1) is 9.26. The first-order valence-electron chi connectivity index (χ1n) is 6.42. The van der Waals surface area contributed by atoms with Crippen molar-refractivity contribution in [1.82, 2.24) is 4.98 Å². The summed E-state index contributed by atoms with van der Waals surface area (Å²) >= 11 is 3.58. The van der Waals surface area contributed by atoms with Crippen LogP contribution in [0.1, 0.15) is 28.3 Å². The molecule has 1 unspecified atom stereocenters. The highest BCUT2D eigenvalue weighted by molar-refractivity contribution is 7.17. The van der Waals surface area contributed by atoms with Gasteiger partial charge in [-0.15, -0.1) is 22.7 Å². The fourth-order valence-corrected chi connectivity index (χ4v) is 3.93. The highest BCUT2D eigenvalue weighted by Crippen LogP contribution is 2.26. The standard InChI is InChI=1S/C15H16N2S2/c1-2-11-3-4-12(19-11)8-13(16)10-7-15-14(17-9-10)5-6-18-15/h3-7,9,13H,2,8,16H2,1H3. The molecule has 0 amide bonds. The minimum atomic E-state index is 0.0300. The summed E-state index contributed by atoms with van der Waals surface area (Å²) in [4.78, 5) is 7.24. The van der Waals surface area contributed by atoms with Crippen LogP contribution in [0.15, 0.2) is 35.8 Å². The Labute approximate surface area is 120 Å². The molecular formula is C15H16N2S2. The number of hydrogen-bond acceptors (Lipinski definition) is 4.